The molecule has 0 unspecified atom stereocenters. The van der Waals surface area contributed by atoms with Crippen LogP contribution in [0.25, 0.3) is 0 Å². The molecular weight excluding hydrogens is 174 g/mol. The smallest absolute Gasteiger partial charge is 0.211 e. The fourth-order valence-corrected chi connectivity index (χ4v) is 1.66. The van der Waals surface area contributed by atoms with Crippen molar-refractivity contribution >= 4 is 6.08 Å². The van der Waals surface area contributed by atoms with Gasteiger partial charge in [0.25, 0.3) is 0 Å². The molecule has 2 rings (SSSR count). The molecule has 0 amide bonds. The Kier molecular flexibility index (Phi) is 1.96. The van der Waals surface area contributed by atoms with E-state index in [1.807, 2.05) is 24.3 Å². The SMILES string of the molecule is C#Cc1ccccc1C1(N=C=O)CC1. The molecule has 0 aromatic heterocycles. The first-order chi connectivity index (χ1) is 6.82. The second kappa shape index (κ2) is 3.14. The summed E-state index contributed by atoms with van der Waals surface area (Å²) in [5, 5.41) is 0. The minimum absolute atomic E-state index is 0.356. The standard InChI is InChI=1S/C12H9NO/c1-2-10-5-3-4-6-11(10)12(7-8-12)13-9-14/h1,3-6H,7-8H2. The van der Waals surface area contributed by atoms with Gasteiger partial charge in [-0.2, -0.15) is 4.99 Å². The quantitative estimate of drug-likeness (QED) is 0.391. The van der Waals surface area contributed by atoms with E-state index in [2.05, 4.69) is 10.9 Å². The van der Waals surface area contributed by atoms with Crippen LogP contribution < -0.4 is 0 Å². The highest BCUT2D eigenvalue weighted by Gasteiger charge is 2.45. The van der Waals surface area contributed by atoms with Gasteiger partial charge in [-0.15, -0.1) is 6.42 Å². The molecule has 1 aromatic rings. The van der Waals surface area contributed by atoms with Gasteiger partial charge in [0.05, 0.1) is 5.54 Å². The lowest BCUT2D eigenvalue weighted by Crippen LogP contribution is -2.04. The molecule has 0 atom stereocenters. The minimum atomic E-state index is -0.356. The Balaban J connectivity index is 2.52. The van der Waals surface area contributed by atoms with Crippen molar-refractivity contribution in [1.82, 2.24) is 0 Å². The fraction of sp³-hybridized carbons (Fsp3) is 0.250. The summed E-state index contributed by atoms with van der Waals surface area (Å²) in [4.78, 5) is 14.1. The van der Waals surface area contributed by atoms with Crippen LogP contribution in [0.5, 0.6) is 0 Å². The van der Waals surface area contributed by atoms with E-state index in [1.54, 1.807) is 6.08 Å². The first-order valence-electron chi connectivity index (χ1n) is 4.47. The number of hydrogen-bond acceptors (Lipinski definition) is 2. The molecule has 2 heteroatoms. The summed E-state index contributed by atoms with van der Waals surface area (Å²) in [5.74, 6) is 2.61. The maximum Gasteiger partial charge on any atom is 0.235 e. The van der Waals surface area contributed by atoms with E-state index in [-0.39, 0.29) is 5.54 Å². The Morgan fingerprint density at radius 2 is 2.07 bits per heavy atom. The van der Waals surface area contributed by atoms with E-state index >= 15 is 0 Å². The van der Waals surface area contributed by atoms with Crippen LogP contribution in [0.2, 0.25) is 0 Å². The molecular formula is C12H9NO. The van der Waals surface area contributed by atoms with Crippen molar-refractivity contribution in [3.8, 4) is 12.3 Å². The molecule has 1 fully saturated rings. The van der Waals surface area contributed by atoms with Crippen LogP contribution in [0.3, 0.4) is 0 Å². The summed E-state index contributed by atoms with van der Waals surface area (Å²) in [6.07, 6.45) is 8.79. The second-order valence-corrected chi connectivity index (χ2v) is 3.42. The second-order valence-electron chi connectivity index (χ2n) is 3.42. The Morgan fingerprint density at radius 1 is 1.36 bits per heavy atom. The normalized spacial score (nSPS) is 16.5. The zero-order valence-electron chi connectivity index (χ0n) is 7.66. The molecule has 0 aliphatic heterocycles. The maximum absolute atomic E-state index is 10.3. The van der Waals surface area contributed by atoms with Crippen LogP contribution in [-0.4, -0.2) is 6.08 Å². The summed E-state index contributed by atoms with van der Waals surface area (Å²) in [7, 11) is 0. The number of isocyanates is 1. The summed E-state index contributed by atoms with van der Waals surface area (Å²) >= 11 is 0. The predicted octanol–water partition coefficient (Wildman–Crippen LogP) is 1.99. The molecule has 1 aromatic carbocycles. The lowest BCUT2D eigenvalue weighted by molar-refractivity contribution is 0.556. The largest absolute Gasteiger partial charge is 0.235 e. The van der Waals surface area contributed by atoms with Crippen molar-refractivity contribution in [1.29, 1.82) is 0 Å². The van der Waals surface area contributed by atoms with E-state index in [4.69, 9.17) is 6.42 Å². The molecule has 0 radical (unpaired) electrons. The summed E-state index contributed by atoms with van der Waals surface area (Å²) in [6.45, 7) is 0. The van der Waals surface area contributed by atoms with E-state index in [0.717, 1.165) is 24.0 Å². The predicted molar refractivity (Wildman–Crippen MR) is 53.4 cm³/mol. The van der Waals surface area contributed by atoms with Crippen LogP contribution in [0, 0.1) is 12.3 Å². The number of benzene rings is 1. The molecule has 68 valence electrons. The summed E-state index contributed by atoms with van der Waals surface area (Å²) < 4.78 is 0. The third-order valence-electron chi connectivity index (χ3n) is 2.57. The zero-order chi connectivity index (χ0) is 10.0. The Hall–Kier alpha value is -1.84. The number of terminal acetylenes is 1. The molecule has 0 saturated heterocycles. The van der Waals surface area contributed by atoms with E-state index in [9.17, 15) is 4.79 Å². The van der Waals surface area contributed by atoms with Gasteiger partial charge in [-0.05, 0) is 24.5 Å². The van der Waals surface area contributed by atoms with Gasteiger partial charge >= 0.3 is 0 Å². The van der Waals surface area contributed by atoms with Crippen molar-refractivity contribution in [2.24, 2.45) is 4.99 Å². The van der Waals surface area contributed by atoms with Gasteiger partial charge in [0, 0.05) is 5.56 Å². The van der Waals surface area contributed by atoms with Crippen LogP contribution in [0.1, 0.15) is 24.0 Å². The summed E-state index contributed by atoms with van der Waals surface area (Å²) in [6, 6.07) is 7.61. The highest BCUT2D eigenvalue weighted by atomic mass is 16.1. The first-order valence-corrected chi connectivity index (χ1v) is 4.47. The molecule has 14 heavy (non-hydrogen) atoms. The van der Waals surface area contributed by atoms with Crippen molar-refractivity contribution in [2.75, 3.05) is 0 Å². The van der Waals surface area contributed by atoms with Gasteiger partial charge < -0.3 is 0 Å². The van der Waals surface area contributed by atoms with Crippen molar-refractivity contribution < 1.29 is 4.79 Å². The lowest BCUT2D eigenvalue weighted by Gasteiger charge is -2.09. The van der Waals surface area contributed by atoms with Gasteiger partial charge in [0.1, 0.15) is 0 Å². The summed E-state index contributed by atoms with van der Waals surface area (Å²) in [5.41, 5.74) is 1.44. The molecule has 0 N–H and O–H groups in total. The van der Waals surface area contributed by atoms with Crippen LogP contribution >= 0.6 is 0 Å². The molecule has 1 aliphatic carbocycles. The highest BCUT2D eigenvalue weighted by Crippen LogP contribution is 2.50. The number of rotatable bonds is 2. The van der Waals surface area contributed by atoms with Crippen molar-refractivity contribution in [3.63, 3.8) is 0 Å². The molecule has 1 saturated carbocycles. The third-order valence-corrected chi connectivity index (χ3v) is 2.57. The number of carbonyl (C=O) groups excluding carboxylic acids is 1. The van der Waals surface area contributed by atoms with Gasteiger partial charge in [-0.3, -0.25) is 0 Å². The zero-order valence-corrected chi connectivity index (χ0v) is 7.66. The van der Waals surface area contributed by atoms with Crippen molar-refractivity contribution in [2.45, 2.75) is 18.4 Å². The lowest BCUT2D eigenvalue weighted by atomic mass is 9.99. The van der Waals surface area contributed by atoms with Gasteiger partial charge in [-0.1, -0.05) is 24.1 Å². The van der Waals surface area contributed by atoms with E-state index in [1.165, 1.54) is 0 Å². The molecule has 0 spiro atoms. The minimum Gasteiger partial charge on any atom is -0.211 e. The monoisotopic (exact) mass is 183 g/mol. The van der Waals surface area contributed by atoms with E-state index < -0.39 is 0 Å². The number of hydrogen-bond donors (Lipinski definition) is 0. The Morgan fingerprint density at radius 3 is 2.64 bits per heavy atom. The highest BCUT2D eigenvalue weighted by molar-refractivity contribution is 5.49. The molecule has 2 nitrogen and oxygen atoms in total. The van der Waals surface area contributed by atoms with Crippen molar-refractivity contribution in [3.05, 3.63) is 35.4 Å². The fourth-order valence-electron chi connectivity index (χ4n) is 1.66. The molecule has 0 bridgehead atoms. The van der Waals surface area contributed by atoms with Crippen LogP contribution in [-0.2, 0) is 10.3 Å². The van der Waals surface area contributed by atoms with Crippen LogP contribution in [0.15, 0.2) is 29.3 Å². The van der Waals surface area contributed by atoms with Gasteiger partial charge in [0.15, 0.2) is 0 Å². The average Bonchev–Trinajstić information content (AvgIpc) is 2.99. The Bertz CT molecular complexity index is 446. The van der Waals surface area contributed by atoms with Gasteiger partial charge in [0.2, 0.25) is 6.08 Å². The van der Waals surface area contributed by atoms with Gasteiger partial charge in [-0.25, -0.2) is 4.79 Å². The Labute approximate surface area is 82.7 Å². The number of aliphatic imine (C=N–C) groups is 1. The van der Waals surface area contributed by atoms with E-state index in [0.29, 0.717) is 0 Å². The molecule has 1 aliphatic rings. The first kappa shape index (κ1) is 8.74. The maximum atomic E-state index is 10.3. The third kappa shape index (κ3) is 1.25. The molecule has 0 heterocycles. The van der Waals surface area contributed by atoms with Crippen LogP contribution in [0.4, 0.5) is 0 Å². The number of nitrogens with zero attached hydrogens (tertiary/aromatic N) is 1. The topological polar surface area (TPSA) is 29.4 Å². The average molecular weight is 183 g/mol.